The van der Waals surface area contributed by atoms with Gasteiger partial charge in [0.15, 0.2) is 0 Å². The summed E-state index contributed by atoms with van der Waals surface area (Å²) in [5.41, 5.74) is 11.2. The fourth-order valence-electron chi connectivity index (χ4n) is 4.98. The molecule has 1 saturated heterocycles. The minimum Gasteiger partial charge on any atom is -0.497 e. The molecule has 1 unspecified atom stereocenters. The number of fused-ring (bicyclic) bond motifs is 2. The number of nitrogens with zero attached hydrogens (tertiary/aromatic N) is 2. The number of rotatable bonds is 4. The Morgan fingerprint density at radius 2 is 1.91 bits per heavy atom. The molecule has 2 aromatic carbocycles. The number of amides is 2. The number of hydrogen-bond donors (Lipinski definition) is 1. The van der Waals surface area contributed by atoms with Gasteiger partial charge in [-0.2, -0.15) is 0 Å². The van der Waals surface area contributed by atoms with Crippen LogP contribution in [0.3, 0.4) is 0 Å². The summed E-state index contributed by atoms with van der Waals surface area (Å²) in [5, 5.41) is 0.869. The maximum absolute atomic E-state index is 13.8. The number of ether oxygens (including phenoxy) is 1. The van der Waals surface area contributed by atoms with Crippen LogP contribution in [0.4, 0.5) is 0 Å². The van der Waals surface area contributed by atoms with E-state index in [1.54, 1.807) is 12.0 Å². The number of aromatic nitrogens is 1. The van der Waals surface area contributed by atoms with E-state index in [1.807, 2.05) is 48.5 Å². The van der Waals surface area contributed by atoms with Crippen molar-refractivity contribution < 1.29 is 14.3 Å². The highest BCUT2D eigenvalue weighted by Gasteiger charge is 2.32. The molecule has 0 radical (unpaired) electrons. The molecule has 0 spiro atoms. The van der Waals surface area contributed by atoms with Crippen LogP contribution in [-0.4, -0.2) is 41.9 Å². The molecular formula is C27H27N3O3. The van der Waals surface area contributed by atoms with Gasteiger partial charge >= 0.3 is 0 Å². The fourth-order valence-corrected chi connectivity index (χ4v) is 4.98. The van der Waals surface area contributed by atoms with Crippen LogP contribution in [0.5, 0.6) is 5.75 Å². The largest absolute Gasteiger partial charge is 0.497 e. The zero-order valence-corrected chi connectivity index (χ0v) is 18.7. The van der Waals surface area contributed by atoms with Gasteiger partial charge in [0, 0.05) is 18.5 Å². The van der Waals surface area contributed by atoms with Gasteiger partial charge in [0.2, 0.25) is 5.91 Å². The average Bonchev–Trinajstić information content (AvgIpc) is 3.24. The van der Waals surface area contributed by atoms with Gasteiger partial charge in [-0.05, 0) is 66.7 Å². The minimum atomic E-state index is -0.331. The highest BCUT2D eigenvalue weighted by molar-refractivity contribution is 6.09. The number of hydrogen-bond acceptors (Lipinski definition) is 4. The maximum Gasteiger partial charge on any atom is 0.254 e. The van der Waals surface area contributed by atoms with Crippen LogP contribution < -0.4 is 10.5 Å². The van der Waals surface area contributed by atoms with Crippen LogP contribution in [0.2, 0.25) is 0 Å². The first kappa shape index (κ1) is 21.2. The summed E-state index contributed by atoms with van der Waals surface area (Å²) < 4.78 is 5.26. The third-order valence-corrected chi connectivity index (χ3v) is 6.72. The van der Waals surface area contributed by atoms with Gasteiger partial charge in [-0.25, -0.2) is 4.98 Å². The van der Waals surface area contributed by atoms with Gasteiger partial charge in [-0.3, -0.25) is 9.59 Å². The first-order valence-corrected chi connectivity index (χ1v) is 11.4. The van der Waals surface area contributed by atoms with Crippen molar-refractivity contribution in [2.24, 2.45) is 11.7 Å². The minimum absolute atomic E-state index is 0.0264. The normalized spacial score (nSPS) is 19.0. The zero-order chi connectivity index (χ0) is 22.9. The number of benzene rings is 2. The highest BCUT2D eigenvalue weighted by atomic mass is 16.5. The zero-order valence-electron chi connectivity index (χ0n) is 18.7. The highest BCUT2D eigenvalue weighted by Crippen LogP contribution is 2.38. The molecule has 1 aliphatic heterocycles. The van der Waals surface area contributed by atoms with E-state index in [9.17, 15) is 9.59 Å². The van der Waals surface area contributed by atoms with Crippen molar-refractivity contribution >= 4 is 34.4 Å². The second kappa shape index (κ2) is 8.70. The third kappa shape index (κ3) is 3.97. The number of piperidine rings is 1. The molecule has 5 rings (SSSR count). The molecule has 1 aliphatic carbocycles. The van der Waals surface area contributed by atoms with Crippen molar-refractivity contribution in [3.05, 3.63) is 70.9 Å². The monoisotopic (exact) mass is 441 g/mol. The van der Waals surface area contributed by atoms with E-state index in [1.165, 1.54) is 0 Å². The predicted octanol–water partition coefficient (Wildman–Crippen LogP) is 4.07. The molecule has 0 saturated carbocycles. The second-order valence-electron chi connectivity index (χ2n) is 8.77. The standard InChI is InChI=1S/C27H27N3O3/c1-33-20-11-8-17(9-12-20)15-18-10-13-22-24(21-6-2-3-7-23(21)29-25(18)22)27(32)30-14-4-5-19(16-30)26(28)31/h2-3,6-9,11-12,15,19H,4-5,10,13-14,16H2,1H3,(H2,28,31)/b18-15-. The summed E-state index contributed by atoms with van der Waals surface area (Å²) in [6.07, 6.45) is 5.26. The molecule has 1 aromatic heterocycles. The number of carbonyl (C=O) groups excluding carboxylic acids is 2. The number of para-hydroxylation sites is 1. The lowest BCUT2D eigenvalue weighted by molar-refractivity contribution is -0.123. The Labute approximate surface area is 193 Å². The maximum atomic E-state index is 13.8. The van der Waals surface area contributed by atoms with E-state index in [0.717, 1.165) is 70.3 Å². The van der Waals surface area contributed by atoms with Crippen molar-refractivity contribution in [1.29, 1.82) is 0 Å². The molecule has 168 valence electrons. The Bertz CT molecular complexity index is 1260. The molecule has 2 aliphatic rings. The summed E-state index contributed by atoms with van der Waals surface area (Å²) in [5.74, 6) is 0.176. The second-order valence-corrected chi connectivity index (χ2v) is 8.77. The topological polar surface area (TPSA) is 85.5 Å². The number of primary amides is 1. The van der Waals surface area contributed by atoms with Crippen LogP contribution >= 0.6 is 0 Å². The van der Waals surface area contributed by atoms with Crippen LogP contribution in [0.15, 0.2) is 48.5 Å². The number of carbonyl (C=O) groups is 2. The molecule has 2 amide bonds. The molecule has 3 aromatic rings. The van der Waals surface area contributed by atoms with E-state index in [2.05, 4.69) is 6.08 Å². The number of nitrogens with two attached hydrogens (primary N) is 1. The number of pyridine rings is 1. The lowest BCUT2D eigenvalue weighted by Crippen LogP contribution is -2.44. The Balaban J connectivity index is 1.58. The quantitative estimate of drug-likeness (QED) is 0.661. The molecule has 33 heavy (non-hydrogen) atoms. The van der Waals surface area contributed by atoms with Crippen molar-refractivity contribution in [1.82, 2.24) is 9.88 Å². The van der Waals surface area contributed by atoms with Gasteiger partial charge in [0.05, 0.1) is 29.8 Å². The molecule has 2 N–H and O–H groups in total. The Morgan fingerprint density at radius 1 is 1.12 bits per heavy atom. The van der Waals surface area contributed by atoms with Crippen molar-refractivity contribution in [2.45, 2.75) is 25.7 Å². The van der Waals surface area contributed by atoms with Gasteiger partial charge < -0.3 is 15.4 Å². The van der Waals surface area contributed by atoms with Crippen molar-refractivity contribution in [3.63, 3.8) is 0 Å². The van der Waals surface area contributed by atoms with E-state index in [0.29, 0.717) is 13.1 Å². The van der Waals surface area contributed by atoms with Gasteiger partial charge in [-0.1, -0.05) is 30.3 Å². The Morgan fingerprint density at radius 3 is 2.67 bits per heavy atom. The summed E-state index contributed by atoms with van der Waals surface area (Å²) in [4.78, 5) is 32.3. The molecule has 1 atom stereocenters. The van der Waals surface area contributed by atoms with Gasteiger partial charge in [0.1, 0.15) is 5.75 Å². The van der Waals surface area contributed by atoms with Crippen LogP contribution in [0, 0.1) is 5.92 Å². The molecule has 6 heteroatoms. The molecule has 2 heterocycles. The number of methoxy groups -OCH3 is 1. The lowest BCUT2D eigenvalue weighted by atomic mass is 9.94. The Kier molecular flexibility index (Phi) is 5.58. The van der Waals surface area contributed by atoms with Crippen LogP contribution in [-0.2, 0) is 11.2 Å². The van der Waals surface area contributed by atoms with E-state index in [4.69, 9.17) is 15.5 Å². The summed E-state index contributed by atoms with van der Waals surface area (Å²) >= 11 is 0. The van der Waals surface area contributed by atoms with Crippen molar-refractivity contribution in [3.8, 4) is 5.75 Å². The molecule has 0 bridgehead atoms. The first-order valence-electron chi connectivity index (χ1n) is 11.4. The van der Waals surface area contributed by atoms with E-state index < -0.39 is 0 Å². The molecular weight excluding hydrogens is 414 g/mol. The fraction of sp³-hybridized carbons (Fsp3) is 0.296. The smallest absolute Gasteiger partial charge is 0.254 e. The lowest BCUT2D eigenvalue weighted by Gasteiger charge is -2.32. The predicted molar refractivity (Wildman–Crippen MR) is 129 cm³/mol. The van der Waals surface area contributed by atoms with Crippen molar-refractivity contribution in [2.75, 3.05) is 20.2 Å². The van der Waals surface area contributed by atoms with Gasteiger partial charge in [0.25, 0.3) is 5.91 Å². The first-order chi connectivity index (χ1) is 16.0. The van der Waals surface area contributed by atoms with Gasteiger partial charge in [-0.15, -0.1) is 0 Å². The van der Waals surface area contributed by atoms with Crippen LogP contribution in [0.1, 0.15) is 46.4 Å². The van der Waals surface area contributed by atoms with E-state index >= 15 is 0 Å². The SMILES string of the molecule is COc1ccc(/C=C2/CCc3c2nc2ccccc2c3C(=O)N2CCCC(C(N)=O)C2)cc1. The molecule has 1 fully saturated rings. The summed E-state index contributed by atoms with van der Waals surface area (Å²) in [6.45, 7) is 1.02. The Hall–Kier alpha value is -3.67. The molecule has 6 nitrogen and oxygen atoms in total. The average molecular weight is 442 g/mol. The number of allylic oxidation sites excluding steroid dienone is 1. The summed E-state index contributed by atoms with van der Waals surface area (Å²) in [7, 11) is 1.66. The van der Waals surface area contributed by atoms with Crippen LogP contribution in [0.25, 0.3) is 22.6 Å². The van der Waals surface area contributed by atoms with E-state index in [-0.39, 0.29) is 17.7 Å². The third-order valence-electron chi connectivity index (χ3n) is 6.72. The number of likely N-dealkylation sites (tertiary alicyclic amines) is 1. The summed E-state index contributed by atoms with van der Waals surface area (Å²) in [6, 6.07) is 15.7.